The molecule has 0 spiro atoms. The number of likely N-dealkylation sites (tertiary alicyclic amines) is 1. The molecule has 1 aromatic carbocycles. The zero-order valence-corrected chi connectivity index (χ0v) is 14.1. The highest BCUT2D eigenvalue weighted by Gasteiger charge is 2.35. The summed E-state index contributed by atoms with van der Waals surface area (Å²) in [6.07, 6.45) is 3.70. The van der Waals surface area contributed by atoms with Gasteiger partial charge >= 0.3 is 5.97 Å². The quantitative estimate of drug-likeness (QED) is 0.859. The Bertz CT molecular complexity index is 767. The van der Waals surface area contributed by atoms with E-state index in [-0.39, 0.29) is 18.1 Å². The molecule has 0 unspecified atom stereocenters. The topological polar surface area (TPSA) is 82.5 Å². The van der Waals surface area contributed by atoms with Gasteiger partial charge in [-0.3, -0.25) is 19.5 Å². The van der Waals surface area contributed by atoms with Gasteiger partial charge in [-0.05, 0) is 42.3 Å². The minimum absolute atomic E-state index is 0.251. The van der Waals surface area contributed by atoms with Crippen molar-refractivity contribution >= 4 is 17.6 Å². The van der Waals surface area contributed by atoms with Gasteiger partial charge in [-0.1, -0.05) is 6.07 Å². The van der Waals surface area contributed by atoms with Crippen LogP contribution in [0.4, 0.5) is 10.1 Å². The minimum atomic E-state index is -0.902. The smallest absolute Gasteiger partial charge is 0.307 e. The summed E-state index contributed by atoms with van der Waals surface area (Å²) < 4.78 is 13.0. The van der Waals surface area contributed by atoms with E-state index < -0.39 is 17.8 Å². The lowest BCUT2D eigenvalue weighted by atomic mass is 9.88. The predicted octanol–water partition coefficient (Wildman–Crippen LogP) is 2.38. The number of pyridine rings is 1. The SMILES string of the molecule is O=C(O)[C@H]1C[C@H](C(=O)Nc2ccc(F)cc2)CN(Cc2cccnc2)C1. The van der Waals surface area contributed by atoms with Gasteiger partial charge in [-0.25, -0.2) is 4.39 Å². The van der Waals surface area contributed by atoms with Gasteiger partial charge in [0, 0.05) is 37.7 Å². The van der Waals surface area contributed by atoms with E-state index in [9.17, 15) is 19.1 Å². The third-order valence-electron chi connectivity index (χ3n) is 4.49. The molecule has 0 bridgehead atoms. The molecule has 136 valence electrons. The normalized spacial score (nSPS) is 20.5. The lowest BCUT2D eigenvalue weighted by Gasteiger charge is -2.35. The first kappa shape index (κ1) is 18.0. The zero-order valence-electron chi connectivity index (χ0n) is 14.1. The summed E-state index contributed by atoms with van der Waals surface area (Å²) in [5.41, 5.74) is 1.46. The number of aromatic nitrogens is 1. The number of rotatable bonds is 5. The number of carboxylic acid groups (broad SMARTS) is 1. The van der Waals surface area contributed by atoms with Gasteiger partial charge in [0.05, 0.1) is 11.8 Å². The van der Waals surface area contributed by atoms with Crippen molar-refractivity contribution < 1.29 is 19.1 Å². The van der Waals surface area contributed by atoms with Crippen LogP contribution in [0.1, 0.15) is 12.0 Å². The number of benzene rings is 1. The van der Waals surface area contributed by atoms with Crippen LogP contribution in [-0.2, 0) is 16.1 Å². The van der Waals surface area contributed by atoms with Crippen LogP contribution in [0.5, 0.6) is 0 Å². The number of carboxylic acids is 1. The van der Waals surface area contributed by atoms with Crippen LogP contribution < -0.4 is 5.32 Å². The van der Waals surface area contributed by atoms with E-state index in [2.05, 4.69) is 10.3 Å². The van der Waals surface area contributed by atoms with Crippen LogP contribution in [0.25, 0.3) is 0 Å². The second-order valence-electron chi connectivity index (χ2n) is 6.52. The molecule has 1 saturated heterocycles. The average Bonchev–Trinajstić information content (AvgIpc) is 2.64. The highest BCUT2D eigenvalue weighted by molar-refractivity contribution is 5.93. The van der Waals surface area contributed by atoms with E-state index in [1.165, 1.54) is 24.3 Å². The number of aliphatic carboxylic acids is 1. The van der Waals surface area contributed by atoms with Gasteiger partial charge in [-0.2, -0.15) is 0 Å². The molecule has 2 atom stereocenters. The summed E-state index contributed by atoms with van der Waals surface area (Å²) in [4.78, 5) is 30.1. The number of halogens is 1. The van der Waals surface area contributed by atoms with E-state index in [0.29, 0.717) is 25.3 Å². The first-order chi connectivity index (χ1) is 12.5. The summed E-state index contributed by atoms with van der Waals surface area (Å²) in [6.45, 7) is 1.40. The maximum absolute atomic E-state index is 13.0. The van der Waals surface area contributed by atoms with Crippen LogP contribution in [0.3, 0.4) is 0 Å². The fourth-order valence-corrected chi connectivity index (χ4v) is 3.22. The number of amides is 1. The Morgan fingerprint density at radius 1 is 1.19 bits per heavy atom. The Morgan fingerprint density at radius 3 is 2.58 bits per heavy atom. The molecule has 2 heterocycles. The maximum Gasteiger partial charge on any atom is 0.307 e. The molecule has 6 nitrogen and oxygen atoms in total. The summed E-state index contributed by atoms with van der Waals surface area (Å²) >= 11 is 0. The van der Waals surface area contributed by atoms with Crippen molar-refractivity contribution in [3.8, 4) is 0 Å². The van der Waals surface area contributed by atoms with Crippen LogP contribution in [0, 0.1) is 17.7 Å². The Balaban J connectivity index is 1.69. The Hall–Kier alpha value is -2.80. The van der Waals surface area contributed by atoms with Crippen LogP contribution in [0.15, 0.2) is 48.8 Å². The number of piperidine rings is 1. The molecule has 2 aromatic rings. The molecular formula is C19H20FN3O3. The Kier molecular flexibility index (Phi) is 5.58. The van der Waals surface area contributed by atoms with Crippen molar-refractivity contribution in [2.24, 2.45) is 11.8 Å². The molecule has 2 N–H and O–H groups in total. The van der Waals surface area contributed by atoms with Crippen molar-refractivity contribution in [1.29, 1.82) is 0 Å². The molecule has 1 aliphatic heterocycles. The summed E-state index contributed by atoms with van der Waals surface area (Å²) in [6, 6.07) is 9.25. The fraction of sp³-hybridized carbons (Fsp3) is 0.316. The first-order valence-electron chi connectivity index (χ1n) is 8.42. The largest absolute Gasteiger partial charge is 0.481 e. The van der Waals surface area contributed by atoms with Gasteiger partial charge in [-0.15, -0.1) is 0 Å². The standard InChI is InChI=1S/C19H20FN3O3/c20-16-3-5-17(6-4-16)22-18(24)14-8-15(19(25)26)12-23(11-14)10-13-2-1-7-21-9-13/h1-7,9,14-15H,8,10-12H2,(H,22,24)(H,25,26)/t14-,15-/m0/s1. The second-order valence-corrected chi connectivity index (χ2v) is 6.52. The van der Waals surface area contributed by atoms with Crippen LogP contribution in [-0.4, -0.2) is 40.0 Å². The van der Waals surface area contributed by atoms with E-state index >= 15 is 0 Å². The Morgan fingerprint density at radius 2 is 1.92 bits per heavy atom. The van der Waals surface area contributed by atoms with Gasteiger partial charge in [0.15, 0.2) is 0 Å². The third kappa shape index (κ3) is 4.64. The molecule has 1 amide bonds. The summed E-state index contributed by atoms with van der Waals surface area (Å²) in [5, 5.41) is 12.2. The summed E-state index contributed by atoms with van der Waals surface area (Å²) in [7, 11) is 0. The second kappa shape index (κ2) is 8.05. The number of nitrogens with one attached hydrogen (secondary N) is 1. The van der Waals surface area contributed by atoms with Crippen molar-refractivity contribution in [3.63, 3.8) is 0 Å². The molecule has 1 aromatic heterocycles. The Labute approximate surface area is 150 Å². The number of nitrogens with zero attached hydrogens (tertiary/aromatic N) is 2. The first-order valence-corrected chi connectivity index (χ1v) is 8.42. The molecule has 7 heteroatoms. The van der Waals surface area contributed by atoms with E-state index in [0.717, 1.165) is 5.56 Å². The number of hydrogen-bond donors (Lipinski definition) is 2. The van der Waals surface area contributed by atoms with E-state index in [1.54, 1.807) is 12.4 Å². The monoisotopic (exact) mass is 357 g/mol. The maximum atomic E-state index is 13.0. The zero-order chi connectivity index (χ0) is 18.5. The highest BCUT2D eigenvalue weighted by Crippen LogP contribution is 2.25. The van der Waals surface area contributed by atoms with Crippen LogP contribution >= 0.6 is 0 Å². The van der Waals surface area contributed by atoms with Crippen molar-refractivity contribution in [3.05, 3.63) is 60.2 Å². The van der Waals surface area contributed by atoms with Gasteiger partial charge in [0.2, 0.25) is 5.91 Å². The van der Waals surface area contributed by atoms with Gasteiger partial charge in [0.25, 0.3) is 0 Å². The van der Waals surface area contributed by atoms with Crippen molar-refractivity contribution in [2.75, 3.05) is 18.4 Å². The lowest BCUT2D eigenvalue weighted by Crippen LogP contribution is -2.46. The summed E-state index contributed by atoms with van der Waals surface area (Å²) in [5.74, 6) is -2.59. The molecule has 0 aliphatic carbocycles. The number of carbonyl (C=O) groups is 2. The molecule has 26 heavy (non-hydrogen) atoms. The minimum Gasteiger partial charge on any atom is -0.481 e. The number of hydrogen-bond acceptors (Lipinski definition) is 4. The van der Waals surface area contributed by atoms with Gasteiger partial charge < -0.3 is 10.4 Å². The van der Waals surface area contributed by atoms with Gasteiger partial charge in [0.1, 0.15) is 5.82 Å². The lowest BCUT2D eigenvalue weighted by molar-refractivity contribution is -0.145. The number of carbonyl (C=O) groups excluding carboxylic acids is 1. The molecular weight excluding hydrogens is 337 g/mol. The molecule has 0 radical (unpaired) electrons. The molecule has 1 aliphatic rings. The van der Waals surface area contributed by atoms with Crippen molar-refractivity contribution in [2.45, 2.75) is 13.0 Å². The average molecular weight is 357 g/mol. The van der Waals surface area contributed by atoms with E-state index in [1.807, 2.05) is 17.0 Å². The fourth-order valence-electron chi connectivity index (χ4n) is 3.22. The molecule has 0 saturated carbocycles. The number of anilines is 1. The highest BCUT2D eigenvalue weighted by atomic mass is 19.1. The van der Waals surface area contributed by atoms with E-state index in [4.69, 9.17) is 0 Å². The molecule has 3 rings (SSSR count). The van der Waals surface area contributed by atoms with Crippen LogP contribution in [0.2, 0.25) is 0 Å². The predicted molar refractivity (Wildman–Crippen MR) is 93.8 cm³/mol. The van der Waals surface area contributed by atoms with Crippen molar-refractivity contribution in [1.82, 2.24) is 9.88 Å². The molecule has 1 fully saturated rings. The third-order valence-corrected chi connectivity index (χ3v) is 4.49.